The zero-order valence-electron chi connectivity index (χ0n) is 17.1. The van der Waals surface area contributed by atoms with Crippen LogP contribution in [0.25, 0.3) is 0 Å². The molecule has 6 nitrogen and oxygen atoms in total. The monoisotopic (exact) mass is 466 g/mol. The first-order valence-corrected chi connectivity index (χ1v) is 10.8. The lowest BCUT2D eigenvalue weighted by atomic mass is 9.49. The molecule has 4 fully saturated rings. The van der Waals surface area contributed by atoms with Crippen molar-refractivity contribution in [3.05, 3.63) is 17.7 Å². The maximum absolute atomic E-state index is 13.1. The lowest BCUT2D eigenvalue weighted by Crippen LogP contribution is -2.56. The van der Waals surface area contributed by atoms with Gasteiger partial charge in [0.2, 0.25) is 11.5 Å². The summed E-state index contributed by atoms with van der Waals surface area (Å²) in [5.41, 5.74) is -0.0850. The number of ketones is 1. The van der Waals surface area contributed by atoms with Gasteiger partial charge in [0.1, 0.15) is 0 Å². The first kappa shape index (κ1) is 20.5. The Morgan fingerprint density at radius 3 is 2.07 bits per heavy atom. The number of carbonyl (C=O) groups is 2. The average molecular weight is 467 g/mol. The maximum atomic E-state index is 13.1. The SMILES string of the molecule is COc1cc(C(=O)COC(=O)C23C[C@H]4C[C@@H](CC(Br)(C4)C2)C3)cc(OC)c1OC. The molecule has 0 N–H and O–H groups in total. The van der Waals surface area contributed by atoms with Gasteiger partial charge in [-0.1, -0.05) is 15.9 Å². The topological polar surface area (TPSA) is 71.1 Å². The van der Waals surface area contributed by atoms with Gasteiger partial charge in [-0.2, -0.15) is 0 Å². The lowest BCUT2D eigenvalue weighted by Gasteiger charge is -2.58. The Morgan fingerprint density at radius 2 is 1.59 bits per heavy atom. The molecule has 4 aliphatic carbocycles. The third-order valence-corrected chi connectivity index (χ3v) is 7.67. The van der Waals surface area contributed by atoms with Crippen molar-refractivity contribution in [3.8, 4) is 17.2 Å². The van der Waals surface area contributed by atoms with Crippen molar-refractivity contribution in [2.75, 3.05) is 27.9 Å². The van der Waals surface area contributed by atoms with Gasteiger partial charge in [-0.15, -0.1) is 0 Å². The first-order valence-electron chi connectivity index (χ1n) is 10.0. The van der Waals surface area contributed by atoms with E-state index in [0.29, 0.717) is 34.6 Å². The number of esters is 1. The van der Waals surface area contributed by atoms with Crippen molar-refractivity contribution in [3.63, 3.8) is 0 Å². The molecule has 1 aromatic carbocycles. The molecule has 0 saturated heterocycles. The number of benzene rings is 1. The number of hydrogen-bond donors (Lipinski definition) is 0. The fourth-order valence-corrected chi connectivity index (χ4v) is 7.45. The Hall–Kier alpha value is -1.76. The van der Waals surface area contributed by atoms with Crippen LogP contribution in [0.2, 0.25) is 0 Å². The van der Waals surface area contributed by atoms with E-state index in [-0.39, 0.29) is 22.7 Å². The standard InChI is InChI=1S/C22H27BrO6/c1-26-17-5-15(6-18(27-2)19(17)28-3)16(24)11-29-20(25)21-7-13-4-14(8-21)10-22(23,9-13)12-21/h5-6,13-14H,4,7-12H2,1-3H3/t13-,14-,21?,22?/m1/s1. The molecular weight excluding hydrogens is 440 g/mol. The number of carbonyl (C=O) groups excluding carboxylic acids is 2. The fourth-order valence-electron chi connectivity index (χ4n) is 6.00. The van der Waals surface area contributed by atoms with Crippen molar-refractivity contribution in [2.45, 2.75) is 42.8 Å². The summed E-state index contributed by atoms with van der Waals surface area (Å²) in [6, 6.07) is 3.16. The van der Waals surface area contributed by atoms with E-state index in [0.717, 1.165) is 32.1 Å². The zero-order valence-corrected chi connectivity index (χ0v) is 18.7. The Labute approximate surface area is 179 Å². The van der Waals surface area contributed by atoms with E-state index in [1.807, 2.05) is 0 Å². The minimum absolute atomic E-state index is 0.0663. The molecule has 2 atom stereocenters. The lowest BCUT2D eigenvalue weighted by molar-refractivity contribution is -0.168. The highest BCUT2D eigenvalue weighted by molar-refractivity contribution is 9.10. The molecule has 0 heterocycles. The number of Topliss-reactive ketones (excluding diaryl/α,β-unsaturated/α-hetero) is 1. The molecule has 0 amide bonds. The van der Waals surface area contributed by atoms with E-state index in [1.54, 1.807) is 12.1 Å². The number of hydrogen-bond acceptors (Lipinski definition) is 6. The zero-order chi connectivity index (χ0) is 20.8. The average Bonchev–Trinajstić information content (AvgIpc) is 2.68. The van der Waals surface area contributed by atoms with Crippen molar-refractivity contribution < 1.29 is 28.5 Å². The summed E-state index contributed by atoms with van der Waals surface area (Å²) < 4.78 is 21.5. The quantitative estimate of drug-likeness (QED) is 0.341. The Balaban J connectivity index is 1.47. The molecule has 5 rings (SSSR count). The number of methoxy groups -OCH3 is 3. The minimum atomic E-state index is -0.441. The van der Waals surface area contributed by atoms with Crippen LogP contribution in [0.4, 0.5) is 0 Å². The van der Waals surface area contributed by atoms with Gasteiger partial charge in [0.25, 0.3) is 0 Å². The number of ether oxygens (including phenoxy) is 4. The van der Waals surface area contributed by atoms with Crippen LogP contribution in [0.1, 0.15) is 48.9 Å². The molecule has 0 spiro atoms. The Morgan fingerprint density at radius 1 is 1.00 bits per heavy atom. The molecule has 158 valence electrons. The van der Waals surface area contributed by atoms with Crippen LogP contribution in [-0.4, -0.2) is 44.0 Å². The van der Waals surface area contributed by atoms with E-state index >= 15 is 0 Å². The normalized spacial score (nSPS) is 32.0. The number of alkyl halides is 1. The molecular formula is C22H27BrO6. The van der Waals surface area contributed by atoms with Gasteiger partial charge in [0.15, 0.2) is 18.1 Å². The van der Waals surface area contributed by atoms with Crippen molar-refractivity contribution in [2.24, 2.45) is 17.3 Å². The molecule has 0 unspecified atom stereocenters. The van der Waals surface area contributed by atoms with Crippen LogP contribution in [-0.2, 0) is 9.53 Å². The molecule has 0 aromatic heterocycles. The van der Waals surface area contributed by atoms with Crippen molar-refractivity contribution in [1.82, 2.24) is 0 Å². The van der Waals surface area contributed by atoms with Crippen LogP contribution in [0.3, 0.4) is 0 Å². The van der Waals surface area contributed by atoms with Gasteiger partial charge in [0.05, 0.1) is 26.7 Å². The smallest absolute Gasteiger partial charge is 0.312 e. The van der Waals surface area contributed by atoms with E-state index in [4.69, 9.17) is 18.9 Å². The van der Waals surface area contributed by atoms with Gasteiger partial charge in [-0.05, 0) is 62.5 Å². The highest BCUT2D eigenvalue weighted by atomic mass is 79.9. The van der Waals surface area contributed by atoms with E-state index in [9.17, 15) is 9.59 Å². The predicted octanol–water partition coefficient (Wildman–Crippen LogP) is 4.17. The molecule has 0 radical (unpaired) electrons. The Kier molecular flexibility index (Phi) is 5.30. The van der Waals surface area contributed by atoms with E-state index < -0.39 is 5.41 Å². The van der Waals surface area contributed by atoms with Gasteiger partial charge < -0.3 is 18.9 Å². The van der Waals surface area contributed by atoms with Gasteiger partial charge in [-0.25, -0.2) is 0 Å². The molecule has 1 aromatic rings. The van der Waals surface area contributed by atoms with Gasteiger partial charge in [0, 0.05) is 9.89 Å². The van der Waals surface area contributed by atoms with Crippen LogP contribution in [0.15, 0.2) is 12.1 Å². The second-order valence-electron chi connectivity index (χ2n) is 8.81. The molecule has 7 heteroatoms. The van der Waals surface area contributed by atoms with Crippen LogP contribution >= 0.6 is 15.9 Å². The maximum Gasteiger partial charge on any atom is 0.312 e. The van der Waals surface area contributed by atoms with E-state index in [1.165, 1.54) is 27.8 Å². The molecule has 4 aliphatic rings. The van der Waals surface area contributed by atoms with Gasteiger partial charge in [-0.3, -0.25) is 9.59 Å². The van der Waals surface area contributed by atoms with Crippen LogP contribution in [0.5, 0.6) is 17.2 Å². The second kappa shape index (κ2) is 7.49. The Bertz CT molecular complexity index is 796. The molecule has 4 saturated carbocycles. The summed E-state index contributed by atoms with van der Waals surface area (Å²) in [6.45, 7) is -0.288. The van der Waals surface area contributed by atoms with Gasteiger partial charge >= 0.3 is 5.97 Å². The molecule has 4 bridgehead atoms. The van der Waals surface area contributed by atoms with E-state index in [2.05, 4.69) is 15.9 Å². The minimum Gasteiger partial charge on any atom is -0.493 e. The summed E-state index contributed by atoms with van der Waals surface area (Å²) >= 11 is 3.91. The van der Waals surface area contributed by atoms with Crippen molar-refractivity contribution >= 4 is 27.7 Å². The van der Waals surface area contributed by atoms with Crippen LogP contribution in [0, 0.1) is 17.3 Å². The number of rotatable bonds is 7. The largest absolute Gasteiger partial charge is 0.493 e. The molecule has 0 aliphatic heterocycles. The fraction of sp³-hybridized carbons (Fsp3) is 0.636. The predicted molar refractivity (Wildman–Crippen MR) is 110 cm³/mol. The molecule has 29 heavy (non-hydrogen) atoms. The van der Waals surface area contributed by atoms with Crippen molar-refractivity contribution in [1.29, 1.82) is 0 Å². The highest BCUT2D eigenvalue weighted by Crippen LogP contribution is 2.64. The van der Waals surface area contributed by atoms with Crippen LogP contribution < -0.4 is 14.2 Å². The number of halogens is 1. The summed E-state index contributed by atoms with van der Waals surface area (Å²) in [5, 5.41) is 0. The summed E-state index contributed by atoms with van der Waals surface area (Å²) in [5.74, 6) is 1.84. The summed E-state index contributed by atoms with van der Waals surface area (Å²) in [7, 11) is 4.50. The summed E-state index contributed by atoms with van der Waals surface area (Å²) in [6.07, 6.45) is 6.07. The third-order valence-electron chi connectivity index (χ3n) is 6.74. The second-order valence-corrected chi connectivity index (χ2v) is 10.5. The summed E-state index contributed by atoms with van der Waals surface area (Å²) in [4.78, 5) is 25.8. The highest BCUT2D eigenvalue weighted by Gasteiger charge is 2.60. The first-order chi connectivity index (χ1) is 13.8. The third kappa shape index (κ3) is 3.62.